The zero-order chi connectivity index (χ0) is 13.8. The zero-order valence-corrected chi connectivity index (χ0v) is 12.2. The lowest BCUT2D eigenvalue weighted by Crippen LogP contribution is -2.39. The fraction of sp³-hybridized carbons (Fsp3) is 0.647. The number of benzene rings is 1. The van der Waals surface area contributed by atoms with E-state index in [1.807, 2.05) is 0 Å². The van der Waals surface area contributed by atoms with Gasteiger partial charge in [0.2, 0.25) is 0 Å². The average Bonchev–Trinajstić information content (AvgIpc) is 2.48. The Bertz CT molecular complexity index is 429. The quantitative estimate of drug-likeness (QED) is 0.883. The van der Waals surface area contributed by atoms with Crippen LogP contribution in [0.5, 0.6) is 0 Å². The van der Waals surface area contributed by atoms with Crippen LogP contribution >= 0.6 is 0 Å². The normalized spacial score (nSPS) is 24.2. The number of rotatable bonds is 4. The molecular formula is C17H26N2O. The number of nitrogens with zero attached hydrogens (tertiary/aromatic N) is 1. The number of aryl methyl sites for hydroxylation is 1. The predicted molar refractivity (Wildman–Crippen MR) is 83.2 cm³/mol. The van der Waals surface area contributed by atoms with Gasteiger partial charge in [0.25, 0.3) is 0 Å². The van der Waals surface area contributed by atoms with Crippen LogP contribution in [0.2, 0.25) is 0 Å². The van der Waals surface area contributed by atoms with Crippen LogP contribution in [-0.2, 0) is 6.42 Å². The molecule has 3 rings (SSSR count). The molecule has 3 heteroatoms. The number of piperidine rings is 1. The number of hydrogen-bond donors (Lipinski definition) is 2. The van der Waals surface area contributed by atoms with Crippen molar-refractivity contribution in [2.24, 2.45) is 5.92 Å². The summed E-state index contributed by atoms with van der Waals surface area (Å²) >= 11 is 0. The Labute approximate surface area is 122 Å². The van der Waals surface area contributed by atoms with Gasteiger partial charge in [-0.2, -0.15) is 0 Å². The van der Waals surface area contributed by atoms with Crippen molar-refractivity contribution < 1.29 is 5.11 Å². The first-order chi connectivity index (χ1) is 9.83. The largest absolute Gasteiger partial charge is 0.391 e. The second kappa shape index (κ2) is 6.59. The number of aliphatic hydroxyl groups is 1. The standard InChI is InChI=1S/C17H26N2O/c20-16(11-14-5-3-9-18-12-14)13-19-10-4-7-15-6-1-2-8-17(15)19/h1-2,6,8,14,16,18,20H,3-5,7,9-13H2/t14-,16-/m0/s1. The Morgan fingerprint density at radius 3 is 3.05 bits per heavy atom. The van der Waals surface area contributed by atoms with Crippen molar-refractivity contribution in [3.63, 3.8) is 0 Å². The van der Waals surface area contributed by atoms with Gasteiger partial charge in [-0.15, -0.1) is 0 Å². The third-order valence-corrected chi connectivity index (χ3v) is 4.64. The first-order valence-corrected chi connectivity index (χ1v) is 8.04. The van der Waals surface area contributed by atoms with Crippen LogP contribution in [-0.4, -0.2) is 37.4 Å². The highest BCUT2D eigenvalue weighted by Gasteiger charge is 2.22. The predicted octanol–water partition coefficient (Wildman–Crippen LogP) is 2.19. The van der Waals surface area contributed by atoms with Gasteiger partial charge in [0.05, 0.1) is 6.10 Å². The smallest absolute Gasteiger partial charge is 0.0718 e. The molecule has 1 saturated heterocycles. The minimum absolute atomic E-state index is 0.203. The van der Waals surface area contributed by atoms with Crippen LogP contribution in [0.25, 0.3) is 0 Å². The summed E-state index contributed by atoms with van der Waals surface area (Å²) in [6.07, 6.45) is 5.63. The van der Waals surface area contributed by atoms with Gasteiger partial charge >= 0.3 is 0 Å². The topological polar surface area (TPSA) is 35.5 Å². The van der Waals surface area contributed by atoms with E-state index in [0.29, 0.717) is 5.92 Å². The van der Waals surface area contributed by atoms with Crippen molar-refractivity contribution >= 4 is 5.69 Å². The summed E-state index contributed by atoms with van der Waals surface area (Å²) in [5.41, 5.74) is 2.77. The number of fused-ring (bicyclic) bond motifs is 1. The summed E-state index contributed by atoms with van der Waals surface area (Å²) in [7, 11) is 0. The van der Waals surface area contributed by atoms with Crippen LogP contribution < -0.4 is 10.2 Å². The summed E-state index contributed by atoms with van der Waals surface area (Å²) in [5, 5.41) is 13.8. The van der Waals surface area contributed by atoms with E-state index < -0.39 is 0 Å². The van der Waals surface area contributed by atoms with Crippen LogP contribution in [0.4, 0.5) is 5.69 Å². The SMILES string of the molecule is O[C@@H](C[C@@H]1CCCNC1)CN1CCCc2ccccc21. The minimum Gasteiger partial charge on any atom is -0.391 e. The van der Waals surface area contributed by atoms with E-state index >= 15 is 0 Å². The molecule has 2 aliphatic rings. The van der Waals surface area contributed by atoms with Crippen molar-refractivity contribution in [3.05, 3.63) is 29.8 Å². The monoisotopic (exact) mass is 274 g/mol. The van der Waals surface area contributed by atoms with Gasteiger partial charge in [-0.25, -0.2) is 0 Å². The number of nitrogens with one attached hydrogen (secondary N) is 1. The summed E-state index contributed by atoms with van der Waals surface area (Å²) in [6, 6.07) is 8.64. The number of para-hydroxylation sites is 1. The lowest BCUT2D eigenvalue weighted by molar-refractivity contribution is 0.138. The number of hydrogen-bond acceptors (Lipinski definition) is 3. The van der Waals surface area contributed by atoms with Gasteiger partial charge in [0.1, 0.15) is 0 Å². The summed E-state index contributed by atoms with van der Waals surface area (Å²) in [4.78, 5) is 2.37. The molecular weight excluding hydrogens is 248 g/mol. The van der Waals surface area contributed by atoms with E-state index in [4.69, 9.17) is 0 Å². The first-order valence-electron chi connectivity index (χ1n) is 8.04. The van der Waals surface area contributed by atoms with Crippen LogP contribution in [0, 0.1) is 5.92 Å². The Balaban J connectivity index is 1.57. The first kappa shape index (κ1) is 13.9. The fourth-order valence-electron chi connectivity index (χ4n) is 3.64. The molecule has 1 fully saturated rings. The zero-order valence-electron chi connectivity index (χ0n) is 12.2. The Morgan fingerprint density at radius 1 is 1.30 bits per heavy atom. The van der Waals surface area contributed by atoms with Crippen LogP contribution in [0.3, 0.4) is 0 Å². The van der Waals surface area contributed by atoms with Gasteiger partial charge in [-0.05, 0) is 62.7 Å². The molecule has 2 heterocycles. The molecule has 1 aromatic rings. The van der Waals surface area contributed by atoms with Crippen molar-refractivity contribution in [3.8, 4) is 0 Å². The molecule has 0 aromatic heterocycles. The molecule has 2 atom stereocenters. The molecule has 0 spiro atoms. The molecule has 2 N–H and O–H groups in total. The maximum Gasteiger partial charge on any atom is 0.0718 e. The Hall–Kier alpha value is -1.06. The third-order valence-electron chi connectivity index (χ3n) is 4.64. The van der Waals surface area contributed by atoms with E-state index in [0.717, 1.165) is 32.6 Å². The van der Waals surface area contributed by atoms with E-state index in [2.05, 4.69) is 34.5 Å². The van der Waals surface area contributed by atoms with Crippen molar-refractivity contribution in [1.82, 2.24) is 5.32 Å². The third kappa shape index (κ3) is 3.33. The molecule has 1 aromatic carbocycles. The molecule has 0 bridgehead atoms. The Kier molecular flexibility index (Phi) is 4.58. The fourth-order valence-corrected chi connectivity index (χ4v) is 3.64. The maximum atomic E-state index is 10.4. The van der Waals surface area contributed by atoms with Gasteiger partial charge in [0, 0.05) is 18.8 Å². The van der Waals surface area contributed by atoms with Crippen molar-refractivity contribution in [2.75, 3.05) is 31.1 Å². The Morgan fingerprint density at radius 2 is 2.20 bits per heavy atom. The molecule has 20 heavy (non-hydrogen) atoms. The summed E-state index contributed by atoms with van der Waals surface area (Å²) in [5.74, 6) is 0.652. The molecule has 3 nitrogen and oxygen atoms in total. The number of anilines is 1. The highest BCUT2D eigenvalue weighted by Crippen LogP contribution is 2.27. The van der Waals surface area contributed by atoms with E-state index in [1.165, 1.54) is 36.9 Å². The lowest BCUT2D eigenvalue weighted by Gasteiger charge is -2.34. The van der Waals surface area contributed by atoms with Crippen LogP contribution in [0.1, 0.15) is 31.2 Å². The van der Waals surface area contributed by atoms with E-state index in [1.54, 1.807) is 0 Å². The molecule has 0 amide bonds. The van der Waals surface area contributed by atoms with Gasteiger partial charge in [-0.3, -0.25) is 0 Å². The van der Waals surface area contributed by atoms with E-state index in [-0.39, 0.29) is 6.10 Å². The minimum atomic E-state index is -0.203. The molecule has 0 saturated carbocycles. The molecule has 0 unspecified atom stereocenters. The average molecular weight is 274 g/mol. The van der Waals surface area contributed by atoms with Gasteiger partial charge < -0.3 is 15.3 Å². The van der Waals surface area contributed by atoms with Gasteiger partial charge in [0.15, 0.2) is 0 Å². The summed E-state index contributed by atoms with van der Waals surface area (Å²) < 4.78 is 0. The second-order valence-electron chi connectivity index (χ2n) is 6.28. The molecule has 2 aliphatic heterocycles. The highest BCUT2D eigenvalue weighted by atomic mass is 16.3. The maximum absolute atomic E-state index is 10.4. The second-order valence-corrected chi connectivity index (χ2v) is 6.28. The van der Waals surface area contributed by atoms with Crippen molar-refractivity contribution in [1.29, 1.82) is 0 Å². The molecule has 0 radical (unpaired) electrons. The lowest BCUT2D eigenvalue weighted by atomic mass is 9.93. The van der Waals surface area contributed by atoms with Crippen molar-refractivity contribution in [2.45, 2.75) is 38.2 Å². The molecule has 110 valence electrons. The number of β-amino-alcohol motifs (C(OH)–C–C–N with tert-alkyl or cyclic N) is 1. The van der Waals surface area contributed by atoms with Gasteiger partial charge in [-0.1, -0.05) is 18.2 Å². The van der Waals surface area contributed by atoms with Crippen LogP contribution in [0.15, 0.2) is 24.3 Å². The van der Waals surface area contributed by atoms with E-state index in [9.17, 15) is 5.11 Å². The summed E-state index contributed by atoms with van der Waals surface area (Å²) in [6.45, 7) is 4.09. The number of aliphatic hydroxyl groups excluding tert-OH is 1. The highest BCUT2D eigenvalue weighted by molar-refractivity contribution is 5.55. The molecule has 0 aliphatic carbocycles.